The fraction of sp³-hybridized carbons (Fsp3) is 0.588. The summed E-state index contributed by atoms with van der Waals surface area (Å²) in [6.07, 6.45) is 0.968. The minimum absolute atomic E-state index is 0.0999. The van der Waals surface area contributed by atoms with Crippen LogP contribution < -0.4 is 5.32 Å². The first-order chi connectivity index (χ1) is 9.96. The molecule has 1 atom stereocenters. The average Bonchev–Trinajstić information content (AvgIpc) is 2.83. The average molecular weight is 289 g/mol. The summed E-state index contributed by atoms with van der Waals surface area (Å²) < 4.78 is 7.56. The normalized spacial score (nSPS) is 13.8. The van der Waals surface area contributed by atoms with Crippen molar-refractivity contribution in [3.05, 3.63) is 30.0 Å². The standard InChI is InChI=1S/C17H27N3O/c1-6-20-16-10-8-7-9-14(16)15(19-20)12-18-13(2)11-17(3,4)21-5/h7-10,13,18H,6,11-12H2,1-5H3/t13-/m0/s1. The predicted molar refractivity (Wildman–Crippen MR) is 87.4 cm³/mol. The third-order valence-electron chi connectivity index (χ3n) is 4.00. The molecule has 0 amide bonds. The summed E-state index contributed by atoms with van der Waals surface area (Å²) in [6, 6.07) is 8.80. The number of nitrogens with one attached hydrogen (secondary N) is 1. The Hall–Kier alpha value is -1.39. The molecule has 0 aliphatic rings. The topological polar surface area (TPSA) is 39.1 Å². The van der Waals surface area contributed by atoms with Crippen molar-refractivity contribution in [2.45, 2.75) is 58.8 Å². The number of benzene rings is 1. The van der Waals surface area contributed by atoms with Crippen LogP contribution in [0.15, 0.2) is 24.3 Å². The summed E-state index contributed by atoms with van der Waals surface area (Å²) >= 11 is 0. The molecule has 21 heavy (non-hydrogen) atoms. The lowest BCUT2D eigenvalue weighted by Crippen LogP contribution is -2.35. The summed E-state index contributed by atoms with van der Waals surface area (Å²) in [5.41, 5.74) is 2.23. The number of aromatic nitrogens is 2. The van der Waals surface area contributed by atoms with Crippen LogP contribution >= 0.6 is 0 Å². The van der Waals surface area contributed by atoms with E-state index in [0.717, 1.165) is 25.2 Å². The van der Waals surface area contributed by atoms with Gasteiger partial charge in [-0.25, -0.2) is 0 Å². The third kappa shape index (κ3) is 3.83. The first-order valence-electron chi connectivity index (χ1n) is 7.70. The lowest BCUT2D eigenvalue weighted by molar-refractivity contribution is 0.00842. The van der Waals surface area contributed by atoms with E-state index < -0.39 is 0 Å². The molecule has 1 aromatic heterocycles. The van der Waals surface area contributed by atoms with Crippen molar-refractivity contribution in [2.24, 2.45) is 0 Å². The molecule has 0 bridgehead atoms. The van der Waals surface area contributed by atoms with E-state index in [0.29, 0.717) is 6.04 Å². The molecule has 116 valence electrons. The molecule has 1 aromatic carbocycles. The summed E-state index contributed by atoms with van der Waals surface area (Å²) in [6.45, 7) is 10.2. The van der Waals surface area contributed by atoms with E-state index in [2.05, 4.69) is 62.0 Å². The Labute approximate surface area is 127 Å². The largest absolute Gasteiger partial charge is 0.379 e. The maximum absolute atomic E-state index is 5.49. The van der Waals surface area contributed by atoms with Crippen LogP contribution in [0.4, 0.5) is 0 Å². The van der Waals surface area contributed by atoms with Crippen LogP contribution in [0.1, 0.15) is 39.8 Å². The van der Waals surface area contributed by atoms with Crippen LogP contribution in [0.3, 0.4) is 0 Å². The Morgan fingerprint density at radius 1 is 1.33 bits per heavy atom. The highest BCUT2D eigenvalue weighted by Crippen LogP contribution is 2.19. The molecule has 4 heteroatoms. The lowest BCUT2D eigenvalue weighted by atomic mass is 10.00. The zero-order valence-electron chi connectivity index (χ0n) is 13.8. The van der Waals surface area contributed by atoms with Crippen LogP contribution in [0.5, 0.6) is 0 Å². The number of para-hydroxylation sites is 1. The molecule has 1 N–H and O–H groups in total. The van der Waals surface area contributed by atoms with E-state index >= 15 is 0 Å². The first-order valence-corrected chi connectivity index (χ1v) is 7.70. The van der Waals surface area contributed by atoms with Crippen LogP contribution in [0.25, 0.3) is 10.9 Å². The van der Waals surface area contributed by atoms with Gasteiger partial charge in [0.05, 0.1) is 16.8 Å². The Bertz CT molecular complexity index is 589. The number of nitrogens with zero attached hydrogens (tertiary/aromatic N) is 2. The second kappa shape index (κ2) is 6.58. The van der Waals surface area contributed by atoms with Gasteiger partial charge in [0.15, 0.2) is 0 Å². The van der Waals surface area contributed by atoms with Crippen molar-refractivity contribution in [3.63, 3.8) is 0 Å². The molecular formula is C17H27N3O. The molecule has 4 nitrogen and oxygen atoms in total. The minimum Gasteiger partial charge on any atom is -0.379 e. The van der Waals surface area contributed by atoms with Crippen molar-refractivity contribution in [1.82, 2.24) is 15.1 Å². The van der Waals surface area contributed by atoms with E-state index in [1.54, 1.807) is 7.11 Å². The van der Waals surface area contributed by atoms with Crippen LogP contribution in [0, 0.1) is 0 Å². The molecule has 0 spiro atoms. The van der Waals surface area contributed by atoms with Crippen molar-refractivity contribution in [3.8, 4) is 0 Å². The van der Waals surface area contributed by atoms with Crippen LogP contribution in [-0.4, -0.2) is 28.5 Å². The fourth-order valence-corrected chi connectivity index (χ4v) is 2.73. The van der Waals surface area contributed by atoms with Gasteiger partial charge >= 0.3 is 0 Å². The van der Waals surface area contributed by atoms with Crippen molar-refractivity contribution in [2.75, 3.05) is 7.11 Å². The minimum atomic E-state index is -0.0999. The van der Waals surface area contributed by atoms with Gasteiger partial charge in [0.1, 0.15) is 0 Å². The fourth-order valence-electron chi connectivity index (χ4n) is 2.73. The van der Waals surface area contributed by atoms with E-state index in [4.69, 9.17) is 9.84 Å². The van der Waals surface area contributed by atoms with Gasteiger partial charge in [0.2, 0.25) is 0 Å². The molecule has 0 saturated carbocycles. The molecule has 2 rings (SSSR count). The number of fused-ring (bicyclic) bond motifs is 1. The van der Waals surface area contributed by atoms with Gasteiger partial charge in [0.25, 0.3) is 0 Å². The molecule has 0 aliphatic heterocycles. The quantitative estimate of drug-likeness (QED) is 0.849. The molecule has 0 saturated heterocycles. The molecule has 1 heterocycles. The SMILES string of the molecule is CCn1nc(CN[C@@H](C)CC(C)(C)OC)c2ccccc21. The molecule has 0 radical (unpaired) electrons. The molecule has 2 aromatic rings. The van der Waals surface area contributed by atoms with Gasteiger partial charge in [-0.1, -0.05) is 18.2 Å². The van der Waals surface area contributed by atoms with E-state index in [1.165, 1.54) is 10.9 Å². The number of hydrogen-bond donors (Lipinski definition) is 1. The Morgan fingerprint density at radius 3 is 2.71 bits per heavy atom. The Morgan fingerprint density at radius 2 is 2.05 bits per heavy atom. The van der Waals surface area contributed by atoms with E-state index in [9.17, 15) is 0 Å². The maximum atomic E-state index is 5.49. The number of ether oxygens (including phenoxy) is 1. The monoisotopic (exact) mass is 289 g/mol. The zero-order valence-corrected chi connectivity index (χ0v) is 13.8. The molecule has 0 unspecified atom stereocenters. The Kier molecular flexibility index (Phi) is 5.01. The van der Waals surface area contributed by atoms with Gasteiger partial charge in [0, 0.05) is 31.6 Å². The molecule has 0 fully saturated rings. The smallest absolute Gasteiger partial charge is 0.0841 e. The number of aryl methyl sites for hydroxylation is 1. The first kappa shape index (κ1) is 16.0. The van der Waals surface area contributed by atoms with Gasteiger partial charge in [-0.15, -0.1) is 0 Å². The summed E-state index contributed by atoms with van der Waals surface area (Å²) in [5.74, 6) is 0. The van der Waals surface area contributed by atoms with Crippen molar-refractivity contribution >= 4 is 10.9 Å². The number of methoxy groups -OCH3 is 1. The number of hydrogen-bond acceptors (Lipinski definition) is 3. The van der Waals surface area contributed by atoms with E-state index in [1.807, 2.05) is 0 Å². The predicted octanol–water partition coefficient (Wildman–Crippen LogP) is 3.35. The second-order valence-corrected chi connectivity index (χ2v) is 6.23. The van der Waals surface area contributed by atoms with Crippen molar-refractivity contribution in [1.29, 1.82) is 0 Å². The summed E-state index contributed by atoms with van der Waals surface area (Å²) in [5, 5.41) is 9.52. The highest BCUT2D eigenvalue weighted by atomic mass is 16.5. The number of rotatable bonds is 7. The Balaban J connectivity index is 2.07. The van der Waals surface area contributed by atoms with Crippen LogP contribution in [0.2, 0.25) is 0 Å². The van der Waals surface area contributed by atoms with Crippen LogP contribution in [-0.2, 0) is 17.8 Å². The maximum Gasteiger partial charge on any atom is 0.0841 e. The molecule has 0 aliphatic carbocycles. The summed E-state index contributed by atoms with van der Waals surface area (Å²) in [4.78, 5) is 0. The van der Waals surface area contributed by atoms with Crippen molar-refractivity contribution < 1.29 is 4.74 Å². The van der Waals surface area contributed by atoms with E-state index in [-0.39, 0.29) is 5.60 Å². The zero-order chi connectivity index (χ0) is 15.5. The summed E-state index contributed by atoms with van der Waals surface area (Å²) in [7, 11) is 1.77. The van der Waals surface area contributed by atoms with Gasteiger partial charge in [-0.05, 0) is 40.2 Å². The second-order valence-electron chi connectivity index (χ2n) is 6.23. The van der Waals surface area contributed by atoms with Gasteiger partial charge < -0.3 is 10.1 Å². The molecular weight excluding hydrogens is 262 g/mol. The highest BCUT2D eigenvalue weighted by molar-refractivity contribution is 5.81. The van der Waals surface area contributed by atoms with Gasteiger partial charge in [-0.3, -0.25) is 4.68 Å². The van der Waals surface area contributed by atoms with Gasteiger partial charge in [-0.2, -0.15) is 5.10 Å². The highest BCUT2D eigenvalue weighted by Gasteiger charge is 2.20. The lowest BCUT2D eigenvalue weighted by Gasteiger charge is -2.27. The third-order valence-corrected chi connectivity index (χ3v) is 4.00.